The normalized spacial score (nSPS) is 11.5. The number of hydrogen-bond donors (Lipinski definition) is 0. The minimum Gasteiger partial charge on any atom is -0.309 e. The first-order valence-corrected chi connectivity index (χ1v) is 27.6. The van der Waals surface area contributed by atoms with Crippen LogP contribution < -0.4 is 0 Å². The van der Waals surface area contributed by atoms with Gasteiger partial charge in [0.15, 0.2) is 34.9 Å². The topological polar surface area (TPSA) is 87.2 Å². The van der Waals surface area contributed by atoms with Crippen molar-refractivity contribution in [3.05, 3.63) is 278 Å². The highest BCUT2D eigenvalue weighted by molar-refractivity contribution is 6.11. The van der Waals surface area contributed by atoms with Crippen molar-refractivity contribution in [2.45, 2.75) is 13.8 Å². The summed E-state index contributed by atoms with van der Waals surface area (Å²) >= 11 is 0. The Morgan fingerprint density at radius 3 is 0.890 bits per heavy atom. The average Bonchev–Trinajstić information content (AvgIpc) is 4.03. The van der Waals surface area contributed by atoms with Gasteiger partial charge in [0.1, 0.15) is 0 Å². The fraction of sp³-hybridized carbons (Fsp3) is 0.0270. The van der Waals surface area contributed by atoms with Gasteiger partial charge in [-0.2, -0.15) is 0 Å². The van der Waals surface area contributed by atoms with E-state index in [1.54, 1.807) is 0 Å². The molecule has 0 bridgehead atoms. The van der Waals surface area contributed by atoms with E-state index in [4.69, 9.17) is 29.9 Å². The molecule has 0 N–H and O–H groups in total. The van der Waals surface area contributed by atoms with Crippen molar-refractivity contribution in [2.24, 2.45) is 0 Å². The van der Waals surface area contributed by atoms with Gasteiger partial charge >= 0.3 is 0 Å². The number of hydrogen-bond acceptors (Lipinski definition) is 6. The number of aromatic nitrogens is 8. The second kappa shape index (κ2) is 20.0. The standard InChI is InChI=1S/C74H50N8/c1-47-34-40-65-61(42-47)59-30-15-17-32-63(59)81(65)67-45-55(73-77-69(49-20-7-3-8-21-49)75-70(78-73)50-22-9-4-10-23-50)36-38-57(67)53-28-19-29-54(44-53)58-39-37-56(46-68(58)82-64-33-18-16-31-60(64)62-43-48(2)35-41-66(62)82)74-79-71(51-24-11-5-12-25-51)76-72(80-74)52-26-13-6-14-27-52/h3-46H,1-2H3. The number of para-hydroxylation sites is 2. The van der Waals surface area contributed by atoms with Gasteiger partial charge < -0.3 is 9.13 Å². The van der Waals surface area contributed by atoms with Crippen molar-refractivity contribution in [3.8, 4) is 102 Å². The monoisotopic (exact) mass is 1050 g/mol. The molecule has 0 aliphatic rings. The molecule has 0 fully saturated rings. The molecule has 4 aromatic heterocycles. The third-order valence-corrected chi connectivity index (χ3v) is 15.5. The van der Waals surface area contributed by atoms with Gasteiger partial charge in [0.05, 0.1) is 33.4 Å². The van der Waals surface area contributed by atoms with Gasteiger partial charge in [-0.3, -0.25) is 0 Å². The van der Waals surface area contributed by atoms with Gasteiger partial charge in [-0.15, -0.1) is 0 Å². The van der Waals surface area contributed by atoms with Crippen LogP contribution in [0, 0.1) is 13.8 Å². The molecule has 15 aromatic rings. The molecule has 82 heavy (non-hydrogen) atoms. The van der Waals surface area contributed by atoms with Gasteiger partial charge in [0.2, 0.25) is 0 Å². The molecule has 11 aromatic carbocycles. The molecule has 15 rings (SSSR count). The van der Waals surface area contributed by atoms with Gasteiger partial charge in [-0.05, 0) is 79.6 Å². The highest BCUT2D eigenvalue weighted by Gasteiger charge is 2.23. The smallest absolute Gasteiger partial charge is 0.164 e. The maximum atomic E-state index is 5.22. The molecule has 0 amide bonds. The van der Waals surface area contributed by atoms with E-state index in [2.05, 4.69) is 169 Å². The molecule has 0 radical (unpaired) electrons. The maximum absolute atomic E-state index is 5.22. The Balaban J connectivity index is 0.960. The molecule has 386 valence electrons. The fourth-order valence-corrected chi connectivity index (χ4v) is 11.6. The molecule has 0 saturated carbocycles. The largest absolute Gasteiger partial charge is 0.309 e. The Bertz CT molecular complexity index is 4510. The number of benzene rings is 11. The van der Waals surface area contributed by atoms with E-state index in [-0.39, 0.29) is 0 Å². The van der Waals surface area contributed by atoms with E-state index >= 15 is 0 Å². The second-order valence-electron chi connectivity index (χ2n) is 20.9. The summed E-state index contributed by atoms with van der Waals surface area (Å²) in [5.41, 5.74) is 18.4. The summed E-state index contributed by atoms with van der Waals surface area (Å²) < 4.78 is 4.82. The zero-order valence-corrected chi connectivity index (χ0v) is 45.0. The van der Waals surface area contributed by atoms with Crippen LogP contribution in [0.3, 0.4) is 0 Å². The van der Waals surface area contributed by atoms with Gasteiger partial charge in [-0.25, -0.2) is 29.9 Å². The quantitative estimate of drug-likeness (QED) is 0.136. The molecule has 0 aliphatic carbocycles. The van der Waals surface area contributed by atoms with Crippen LogP contribution in [0.1, 0.15) is 11.1 Å². The minimum absolute atomic E-state index is 0.585. The van der Waals surface area contributed by atoms with E-state index in [0.29, 0.717) is 34.9 Å². The fourth-order valence-electron chi connectivity index (χ4n) is 11.6. The first-order valence-electron chi connectivity index (χ1n) is 27.6. The molecule has 0 aliphatic heterocycles. The van der Waals surface area contributed by atoms with Crippen molar-refractivity contribution >= 4 is 43.6 Å². The summed E-state index contributed by atoms with van der Waals surface area (Å²) in [7, 11) is 0. The molecule has 8 nitrogen and oxygen atoms in total. The molecular formula is C74H50N8. The van der Waals surface area contributed by atoms with Gasteiger partial charge in [0.25, 0.3) is 0 Å². The van der Waals surface area contributed by atoms with Crippen LogP contribution in [0.4, 0.5) is 0 Å². The SMILES string of the molecule is Cc1ccc2c(c1)c1ccccc1n2-c1cc(-c2nc(-c3ccccc3)nc(-c3ccccc3)n2)ccc1-c1cccc(-c2ccc(-c3nc(-c4ccccc4)nc(-c4ccccc4)n3)cc2-n2c3ccccc3c3cc(C)ccc32)c1. The summed E-state index contributed by atoms with van der Waals surface area (Å²) in [5.74, 6) is 3.61. The molecule has 0 atom stereocenters. The molecule has 8 heteroatoms. The van der Waals surface area contributed by atoms with Crippen molar-refractivity contribution < 1.29 is 0 Å². The van der Waals surface area contributed by atoms with Crippen molar-refractivity contribution in [3.63, 3.8) is 0 Å². The second-order valence-corrected chi connectivity index (χ2v) is 20.9. The molecular weight excluding hydrogens is 1000 g/mol. The highest BCUT2D eigenvalue weighted by atomic mass is 15.1. The van der Waals surface area contributed by atoms with Crippen LogP contribution in [0.5, 0.6) is 0 Å². The molecule has 0 unspecified atom stereocenters. The lowest BCUT2D eigenvalue weighted by Crippen LogP contribution is -2.03. The van der Waals surface area contributed by atoms with Crippen LogP contribution in [0.25, 0.3) is 146 Å². The Morgan fingerprint density at radius 2 is 0.524 bits per heavy atom. The zero-order chi connectivity index (χ0) is 54.7. The van der Waals surface area contributed by atoms with Crippen molar-refractivity contribution in [2.75, 3.05) is 0 Å². The first-order chi connectivity index (χ1) is 40.5. The average molecular weight is 1050 g/mol. The third-order valence-electron chi connectivity index (χ3n) is 15.5. The number of nitrogens with zero attached hydrogens (tertiary/aromatic N) is 8. The predicted octanol–water partition coefficient (Wildman–Crippen LogP) is 18.2. The van der Waals surface area contributed by atoms with Crippen LogP contribution in [0.2, 0.25) is 0 Å². The minimum atomic E-state index is 0.585. The van der Waals surface area contributed by atoms with Crippen LogP contribution in [-0.2, 0) is 0 Å². The Kier molecular flexibility index (Phi) is 11.8. The lowest BCUT2D eigenvalue weighted by molar-refractivity contribution is 1.07. The van der Waals surface area contributed by atoms with Crippen molar-refractivity contribution in [1.82, 2.24) is 39.0 Å². The summed E-state index contributed by atoms with van der Waals surface area (Å²) in [4.78, 5) is 31.0. The Hall–Kier alpha value is -11.0. The van der Waals surface area contributed by atoms with E-state index in [0.717, 1.165) is 89.1 Å². The Labute approximate surface area is 474 Å². The van der Waals surface area contributed by atoms with E-state index in [1.165, 1.54) is 32.7 Å². The first kappa shape index (κ1) is 48.2. The van der Waals surface area contributed by atoms with Gasteiger partial charge in [-0.1, -0.05) is 223 Å². The molecule has 0 saturated heterocycles. The maximum Gasteiger partial charge on any atom is 0.164 e. The zero-order valence-electron chi connectivity index (χ0n) is 45.0. The lowest BCUT2D eigenvalue weighted by atomic mass is 9.95. The van der Waals surface area contributed by atoms with Crippen molar-refractivity contribution in [1.29, 1.82) is 0 Å². The molecule has 0 spiro atoms. The molecule has 4 heterocycles. The number of aryl methyl sites for hydroxylation is 2. The highest BCUT2D eigenvalue weighted by Crippen LogP contribution is 2.43. The summed E-state index contributed by atoms with van der Waals surface area (Å²) in [6.45, 7) is 4.32. The van der Waals surface area contributed by atoms with Crippen LogP contribution in [0.15, 0.2) is 267 Å². The predicted molar refractivity (Wildman–Crippen MR) is 335 cm³/mol. The Morgan fingerprint density at radius 1 is 0.220 bits per heavy atom. The van der Waals surface area contributed by atoms with Crippen LogP contribution in [-0.4, -0.2) is 39.0 Å². The lowest BCUT2D eigenvalue weighted by Gasteiger charge is -2.19. The number of fused-ring (bicyclic) bond motifs is 6. The summed E-state index contributed by atoms with van der Waals surface area (Å²) in [5, 5.41) is 4.74. The summed E-state index contributed by atoms with van der Waals surface area (Å²) in [6, 6.07) is 93.8. The number of rotatable bonds is 10. The summed E-state index contributed by atoms with van der Waals surface area (Å²) in [6.07, 6.45) is 0. The third kappa shape index (κ3) is 8.58. The van der Waals surface area contributed by atoms with E-state index in [1.807, 2.05) is 121 Å². The van der Waals surface area contributed by atoms with E-state index < -0.39 is 0 Å². The van der Waals surface area contributed by atoms with E-state index in [9.17, 15) is 0 Å². The van der Waals surface area contributed by atoms with Gasteiger partial charge in [0, 0.05) is 66.1 Å². The van der Waals surface area contributed by atoms with Crippen LogP contribution >= 0.6 is 0 Å².